The summed E-state index contributed by atoms with van der Waals surface area (Å²) in [4.78, 5) is 26.6. The minimum atomic E-state index is -0.164. The largest absolute Gasteiger partial charge is 0.353 e. The van der Waals surface area contributed by atoms with Crippen LogP contribution in [0.5, 0.6) is 0 Å². The van der Waals surface area contributed by atoms with E-state index in [1.54, 1.807) is 0 Å². The second-order valence-electron chi connectivity index (χ2n) is 6.91. The number of rotatable bonds is 8. The molecule has 2 amide bonds. The lowest BCUT2D eigenvalue weighted by atomic mass is 9.88. The summed E-state index contributed by atoms with van der Waals surface area (Å²) >= 11 is 0. The van der Waals surface area contributed by atoms with E-state index in [0.717, 1.165) is 45.1 Å². The first-order valence-corrected chi connectivity index (χ1v) is 8.93. The molecule has 2 fully saturated rings. The lowest BCUT2D eigenvalue weighted by Crippen LogP contribution is -2.47. The zero-order chi connectivity index (χ0) is 16.7. The number of nitrogens with one attached hydrogen (secondary N) is 1. The molecule has 1 N–H and O–H groups in total. The van der Waals surface area contributed by atoms with Gasteiger partial charge < -0.3 is 10.2 Å². The first-order chi connectivity index (χ1) is 11.1. The van der Waals surface area contributed by atoms with E-state index in [0.29, 0.717) is 18.9 Å². The van der Waals surface area contributed by atoms with Gasteiger partial charge in [-0.25, -0.2) is 0 Å². The van der Waals surface area contributed by atoms with Crippen LogP contribution < -0.4 is 5.32 Å². The molecule has 23 heavy (non-hydrogen) atoms. The minimum Gasteiger partial charge on any atom is -0.353 e. The molecule has 1 aliphatic heterocycles. The molecule has 2 rings (SSSR count). The van der Waals surface area contributed by atoms with Gasteiger partial charge in [0.15, 0.2) is 0 Å². The Labute approximate surface area is 140 Å². The first-order valence-electron chi connectivity index (χ1n) is 8.93. The summed E-state index contributed by atoms with van der Waals surface area (Å²) in [5.74, 6) is 0.107. The fourth-order valence-corrected chi connectivity index (χ4v) is 4.10. The monoisotopic (exact) mass is 318 g/mol. The number of nitrogens with zero attached hydrogens (tertiary/aromatic N) is 1. The van der Waals surface area contributed by atoms with Crippen LogP contribution >= 0.6 is 0 Å². The molecule has 0 spiro atoms. The number of hydrogen-bond donors (Lipinski definition) is 1. The average Bonchev–Trinajstić information content (AvgIpc) is 3.16. The normalized spacial score (nSPS) is 20.4. The number of hydrogen-bond acceptors (Lipinski definition) is 2. The van der Waals surface area contributed by atoms with E-state index in [-0.39, 0.29) is 17.4 Å². The van der Waals surface area contributed by atoms with Crippen LogP contribution in [0.4, 0.5) is 0 Å². The van der Waals surface area contributed by atoms with E-state index in [2.05, 4.69) is 18.5 Å². The van der Waals surface area contributed by atoms with Crippen molar-refractivity contribution in [3.05, 3.63) is 25.3 Å². The third-order valence-electron chi connectivity index (χ3n) is 5.23. The summed E-state index contributed by atoms with van der Waals surface area (Å²) in [6.07, 6.45) is 12.5. The van der Waals surface area contributed by atoms with Gasteiger partial charge in [0.1, 0.15) is 0 Å². The van der Waals surface area contributed by atoms with E-state index in [1.807, 2.05) is 17.1 Å². The first kappa shape index (κ1) is 17.8. The lowest BCUT2D eigenvalue weighted by molar-refractivity contribution is -0.137. The fourth-order valence-electron chi connectivity index (χ4n) is 4.10. The molecule has 0 radical (unpaired) electrons. The van der Waals surface area contributed by atoms with Crippen LogP contribution in [0.3, 0.4) is 0 Å². The highest BCUT2D eigenvalue weighted by atomic mass is 16.2. The van der Waals surface area contributed by atoms with Crippen LogP contribution in [0.15, 0.2) is 25.3 Å². The Kier molecular flexibility index (Phi) is 6.43. The predicted molar refractivity (Wildman–Crippen MR) is 92.9 cm³/mol. The smallest absolute Gasteiger partial charge is 0.223 e. The fraction of sp³-hybridized carbons (Fsp3) is 0.684. The maximum Gasteiger partial charge on any atom is 0.223 e. The van der Waals surface area contributed by atoms with E-state index < -0.39 is 0 Å². The van der Waals surface area contributed by atoms with Gasteiger partial charge in [0.2, 0.25) is 11.8 Å². The van der Waals surface area contributed by atoms with E-state index in [9.17, 15) is 9.59 Å². The standard InChI is InChI=1S/C19H30N2O2/c1-3-12-19(13-4-2)14-7-15-21(19)18(23)11-10-17(22)20-16-8-5-6-9-16/h3-4,16H,1-2,5-15H2,(H,20,22). The summed E-state index contributed by atoms with van der Waals surface area (Å²) in [5, 5.41) is 3.05. The molecule has 1 saturated carbocycles. The van der Waals surface area contributed by atoms with Gasteiger partial charge in [-0.2, -0.15) is 0 Å². The average molecular weight is 318 g/mol. The highest BCUT2D eigenvalue weighted by Gasteiger charge is 2.41. The van der Waals surface area contributed by atoms with Gasteiger partial charge in [-0.15, -0.1) is 13.2 Å². The Hall–Kier alpha value is -1.58. The quantitative estimate of drug-likeness (QED) is 0.698. The van der Waals surface area contributed by atoms with Gasteiger partial charge in [-0.05, 0) is 38.5 Å². The van der Waals surface area contributed by atoms with Crippen LogP contribution in [-0.2, 0) is 9.59 Å². The maximum atomic E-state index is 12.6. The molecule has 0 atom stereocenters. The van der Waals surface area contributed by atoms with E-state index >= 15 is 0 Å². The van der Waals surface area contributed by atoms with Crippen molar-refractivity contribution < 1.29 is 9.59 Å². The molecular weight excluding hydrogens is 288 g/mol. The van der Waals surface area contributed by atoms with Gasteiger partial charge in [-0.3, -0.25) is 9.59 Å². The third-order valence-corrected chi connectivity index (χ3v) is 5.23. The summed E-state index contributed by atoms with van der Waals surface area (Å²) in [6.45, 7) is 8.46. The zero-order valence-corrected chi connectivity index (χ0v) is 14.2. The second kappa shape index (κ2) is 8.32. The molecule has 1 heterocycles. The summed E-state index contributed by atoms with van der Waals surface area (Å²) < 4.78 is 0. The van der Waals surface area contributed by atoms with Crippen LogP contribution in [0, 0.1) is 0 Å². The van der Waals surface area contributed by atoms with Crippen LogP contribution in [-0.4, -0.2) is 34.8 Å². The molecule has 0 unspecified atom stereocenters. The van der Waals surface area contributed by atoms with Crippen molar-refractivity contribution in [2.24, 2.45) is 0 Å². The number of amides is 2. The summed E-state index contributed by atoms with van der Waals surface area (Å²) in [6, 6.07) is 0.324. The Balaban J connectivity index is 1.86. The van der Waals surface area contributed by atoms with E-state index in [1.165, 1.54) is 12.8 Å². The highest BCUT2D eigenvalue weighted by Crippen LogP contribution is 2.36. The second-order valence-corrected chi connectivity index (χ2v) is 6.91. The SMILES string of the molecule is C=CCC1(CC=C)CCCN1C(=O)CCC(=O)NC1CCCC1. The molecule has 128 valence electrons. The number of carbonyl (C=O) groups excluding carboxylic acids is 2. The molecule has 0 aromatic carbocycles. The molecule has 1 saturated heterocycles. The van der Waals surface area contributed by atoms with Crippen molar-refractivity contribution in [3.8, 4) is 0 Å². The van der Waals surface area contributed by atoms with Crippen molar-refractivity contribution in [1.82, 2.24) is 10.2 Å². The van der Waals surface area contributed by atoms with Crippen LogP contribution in [0.25, 0.3) is 0 Å². The topological polar surface area (TPSA) is 49.4 Å². The summed E-state index contributed by atoms with van der Waals surface area (Å²) in [5.41, 5.74) is -0.164. The number of likely N-dealkylation sites (tertiary alicyclic amines) is 1. The van der Waals surface area contributed by atoms with Gasteiger partial charge in [0.25, 0.3) is 0 Å². The van der Waals surface area contributed by atoms with Gasteiger partial charge >= 0.3 is 0 Å². The molecule has 0 aromatic heterocycles. The van der Waals surface area contributed by atoms with Crippen molar-refractivity contribution in [1.29, 1.82) is 0 Å². The Bertz CT molecular complexity index is 442. The molecule has 4 nitrogen and oxygen atoms in total. The van der Waals surface area contributed by atoms with Crippen molar-refractivity contribution >= 4 is 11.8 Å². The maximum absolute atomic E-state index is 12.6. The Morgan fingerprint density at radius 3 is 2.35 bits per heavy atom. The Morgan fingerprint density at radius 2 is 1.74 bits per heavy atom. The van der Waals surface area contributed by atoms with Crippen molar-refractivity contribution in [3.63, 3.8) is 0 Å². The van der Waals surface area contributed by atoms with Crippen molar-refractivity contribution in [2.75, 3.05) is 6.54 Å². The highest BCUT2D eigenvalue weighted by molar-refractivity contribution is 5.84. The van der Waals surface area contributed by atoms with Crippen LogP contribution in [0.2, 0.25) is 0 Å². The van der Waals surface area contributed by atoms with Crippen LogP contribution in [0.1, 0.15) is 64.2 Å². The molecule has 2 aliphatic rings. The van der Waals surface area contributed by atoms with E-state index in [4.69, 9.17) is 0 Å². The third kappa shape index (κ3) is 4.46. The molecule has 4 heteroatoms. The predicted octanol–water partition coefficient (Wildman–Crippen LogP) is 3.34. The zero-order valence-electron chi connectivity index (χ0n) is 14.2. The molecule has 1 aliphatic carbocycles. The van der Waals surface area contributed by atoms with Gasteiger partial charge in [0.05, 0.1) is 0 Å². The Morgan fingerprint density at radius 1 is 1.09 bits per heavy atom. The molecular formula is C19H30N2O2. The number of carbonyl (C=O) groups is 2. The van der Waals surface area contributed by atoms with Gasteiger partial charge in [0, 0.05) is 31.0 Å². The van der Waals surface area contributed by atoms with Gasteiger partial charge in [-0.1, -0.05) is 25.0 Å². The van der Waals surface area contributed by atoms with Crippen molar-refractivity contribution in [2.45, 2.75) is 75.8 Å². The minimum absolute atomic E-state index is 0.0162. The molecule has 0 aromatic rings. The molecule has 0 bridgehead atoms. The lowest BCUT2D eigenvalue weighted by Gasteiger charge is -2.37. The summed E-state index contributed by atoms with van der Waals surface area (Å²) in [7, 11) is 0.